The Bertz CT molecular complexity index is 478. The molecule has 1 aromatic rings. The first-order valence-corrected chi connectivity index (χ1v) is 6.72. The molecule has 16 heavy (non-hydrogen) atoms. The normalized spacial score (nSPS) is 13.8. The third-order valence-corrected chi connectivity index (χ3v) is 4.03. The second-order valence-electron chi connectivity index (χ2n) is 3.28. The van der Waals surface area contributed by atoms with Crippen LogP contribution in [0.5, 0.6) is 0 Å². The van der Waals surface area contributed by atoms with E-state index in [1.807, 2.05) is 0 Å². The summed E-state index contributed by atoms with van der Waals surface area (Å²) >= 11 is 2.91. The zero-order chi connectivity index (χ0) is 12.3. The van der Waals surface area contributed by atoms with E-state index in [1.54, 1.807) is 0 Å². The van der Waals surface area contributed by atoms with Gasteiger partial charge in [0.05, 0.1) is 16.0 Å². The molecule has 0 aliphatic carbocycles. The van der Waals surface area contributed by atoms with Gasteiger partial charge in [-0.1, -0.05) is 0 Å². The molecular weight excluding hydrogens is 301 g/mol. The standard InChI is InChI=1S/C9H11BrFNO3S/c1-6(5-13)12-16(14,15)7-2-3-9(11)8(10)4-7/h2-4,6,12-13H,5H2,1H3. The fourth-order valence-corrected chi connectivity index (χ4v) is 2.81. The maximum Gasteiger partial charge on any atom is 0.240 e. The molecule has 0 aromatic heterocycles. The van der Waals surface area contributed by atoms with Crippen LogP contribution < -0.4 is 4.72 Å². The van der Waals surface area contributed by atoms with E-state index in [0.717, 1.165) is 12.1 Å². The van der Waals surface area contributed by atoms with Gasteiger partial charge in [-0.05, 0) is 41.1 Å². The molecule has 7 heteroatoms. The van der Waals surface area contributed by atoms with Crippen LogP contribution in [0.1, 0.15) is 6.92 Å². The van der Waals surface area contributed by atoms with Crippen LogP contribution in [0.4, 0.5) is 4.39 Å². The number of rotatable bonds is 4. The number of halogens is 2. The van der Waals surface area contributed by atoms with Crippen molar-refractivity contribution in [1.29, 1.82) is 0 Å². The van der Waals surface area contributed by atoms with Crippen molar-refractivity contribution in [3.63, 3.8) is 0 Å². The Morgan fingerprint density at radius 2 is 2.19 bits per heavy atom. The maximum absolute atomic E-state index is 12.9. The van der Waals surface area contributed by atoms with Crippen molar-refractivity contribution in [2.75, 3.05) is 6.61 Å². The van der Waals surface area contributed by atoms with Gasteiger partial charge in [0.15, 0.2) is 0 Å². The Morgan fingerprint density at radius 1 is 1.56 bits per heavy atom. The summed E-state index contributed by atoms with van der Waals surface area (Å²) in [6.07, 6.45) is 0. The van der Waals surface area contributed by atoms with Gasteiger partial charge in [-0.3, -0.25) is 0 Å². The van der Waals surface area contributed by atoms with Crippen LogP contribution in [0.15, 0.2) is 27.6 Å². The molecule has 90 valence electrons. The Hall–Kier alpha value is -0.500. The van der Waals surface area contributed by atoms with Crippen LogP contribution in [-0.2, 0) is 10.0 Å². The van der Waals surface area contributed by atoms with Gasteiger partial charge in [0.1, 0.15) is 5.82 Å². The molecule has 2 N–H and O–H groups in total. The lowest BCUT2D eigenvalue weighted by molar-refractivity contribution is 0.265. The second kappa shape index (κ2) is 5.22. The molecule has 0 aliphatic rings. The predicted octanol–water partition coefficient (Wildman–Crippen LogP) is 1.25. The van der Waals surface area contributed by atoms with E-state index in [-0.39, 0.29) is 16.0 Å². The third-order valence-electron chi connectivity index (χ3n) is 1.83. The number of benzene rings is 1. The minimum Gasteiger partial charge on any atom is -0.395 e. The van der Waals surface area contributed by atoms with Crippen LogP contribution in [0, 0.1) is 5.82 Å². The summed E-state index contributed by atoms with van der Waals surface area (Å²) in [5.41, 5.74) is 0. The number of hydrogen-bond donors (Lipinski definition) is 2. The number of aliphatic hydroxyl groups excluding tert-OH is 1. The van der Waals surface area contributed by atoms with Crippen LogP contribution in [0.2, 0.25) is 0 Å². The van der Waals surface area contributed by atoms with Crippen LogP contribution in [0.25, 0.3) is 0 Å². The quantitative estimate of drug-likeness (QED) is 0.879. The van der Waals surface area contributed by atoms with Gasteiger partial charge in [-0.15, -0.1) is 0 Å². The summed E-state index contributed by atoms with van der Waals surface area (Å²) in [6.45, 7) is 1.22. The summed E-state index contributed by atoms with van der Waals surface area (Å²) in [4.78, 5) is -0.0546. The smallest absolute Gasteiger partial charge is 0.240 e. The first kappa shape index (κ1) is 13.6. The zero-order valence-corrected chi connectivity index (χ0v) is 10.8. The average Bonchev–Trinajstić information content (AvgIpc) is 2.21. The molecule has 0 spiro atoms. The second-order valence-corrected chi connectivity index (χ2v) is 5.85. The van der Waals surface area contributed by atoms with Crippen molar-refractivity contribution in [3.8, 4) is 0 Å². The highest BCUT2D eigenvalue weighted by Crippen LogP contribution is 2.19. The van der Waals surface area contributed by atoms with E-state index in [0.29, 0.717) is 0 Å². The minimum atomic E-state index is -3.72. The third kappa shape index (κ3) is 3.24. The summed E-state index contributed by atoms with van der Waals surface area (Å²) < 4.78 is 38.6. The van der Waals surface area contributed by atoms with Crippen molar-refractivity contribution in [3.05, 3.63) is 28.5 Å². The molecule has 0 heterocycles. The lowest BCUT2D eigenvalue weighted by Crippen LogP contribution is -2.35. The Labute approximate surface area is 102 Å². The molecule has 0 saturated carbocycles. The van der Waals surface area contributed by atoms with Crippen molar-refractivity contribution >= 4 is 26.0 Å². The van der Waals surface area contributed by atoms with Crippen molar-refractivity contribution < 1.29 is 17.9 Å². The van der Waals surface area contributed by atoms with Crippen molar-refractivity contribution in [2.24, 2.45) is 0 Å². The molecular formula is C9H11BrFNO3S. The predicted molar refractivity (Wildman–Crippen MR) is 61.0 cm³/mol. The van der Waals surface area contributed by atoms with Crippen LogP contribution >= 0.6 is 15.9 Å². The SMILES string of the molecule is CC(CO)NS(=O)(=O)c1ccc(F)c(Br)c1. The zero-order valence-electron chi connectivity index (χ0n) is 8.44. The van der Waals surface area contributed by atoms with Crippen LogP contribution in [-0.4, -0.2) is 26.2 Å². The van der Waals surface area contributed by atoms with E-state index in [1.165, 1.54) is 13.0 Å². The Balaban J connectivity index is 3.03. The van der Waals surface area contributed by atoms with Gasteiger partial charge in [0.25, 0.3) is 0 Å². The molecule has 1 aromatic carbocycles. The van der Waals surface area contributed by atoms with Gasteiger partial charge < -0.3 is 5.11 Å². The fourth-order valence-electron chi connectivity index (χ4n) is 1.01. The van der Waals surface area contributed by atoms with Gasteiger partial charge in [-0.2, -0.15) is 0 Å². The van der Waals surface area contributed by atoms with Crippen molar-refractivity contribution in [2.45, 2.75) is 17.9 Å². The van der Waals surface area contributed by atoms with E-state index in [4.69, 9.17) is 5.11 Å². The summed E-state index contributed by atoms with van der Waals surface area (Å²) in [5.74, 6) is -0.533. The molecule has 0 bridgehead atoms. The molecule has 0 fully saturated rings. The monoisotopic (exact) mass is 311 g/mol. The first-order chi connectivity index (χ1) is 7.36. The van der Waals surface area contributed by atoms with E-state index in [9.17, 15) is 12.8 Å². The summed E-state index contributed by atoms with van der Waals surface area (Å²) in [6, 6.07) is 2.80. The van der Waals surface area contributed by atoms with Gasteiger partial charge in [0.2, 0.25) is 10.0 Å². The molecule has 0 saturated heterocycles. The van der Waals surface area contributed by atoms with Gasteiger partial charge in [0, 0.05) is 6.04 Å². The molecule has 1 unspecified atom stereocenters. The van der Waals surface area contributed by atoms with E-state index in [2.05, 4.69) is 20.7 Å². The van der Waals surface area contributed by atoms with E-state index >= 15 is 0 Å². The van der Waals surface area contributed by atoms with Crippen LogP contribution in [0.3, 0.4) is 0 Å². The molecule has 1 rings (SSSR count). The Kier molecular flexibility index (Phi) is 4.43. The lowest BCUT2D eigenvalue weighted by Gasteiger charge is -2.11. The largest absolute Gasteiger partial charge is 0.395 e. The number of sulfonamides is 1. The minimum absolute atomic E-state index is 0.0546. The molecule has 0 amide bonds. The first-order valence-electron chi connectivity index (χ1n) is 4.45. The summed E-state index contributed by atoms with van der Waals surface area (Å²) in [7, 11) is -3.72. The number of nitrogens with one attached hydrogen (secondary N) is 1. The highest BCUT2D eigenvalue weighted by molar-refractivity contribution is 9.10. The maximum atomic E-state index is 12.9. The summed E-state index contributed by atoms with van der Waals surface area (Å²) in [5, 5.41) is 8.75. The topological polar surface area (TPSA) is 66.4 Å². The lowest BCUT2D eigenvalue weighted by atomic mass is 10.3. The Morgan fingerprint density at radius 3 is 2.69 bits per heavy atom. The number of hydrogen-bond acceptors (Lipinski definition) is 3. The molecule has 0 aliphatic heterocycles. The fraction of sp³-hybridized carbons (Fsp3) is 0.333. The highest BCUT2D eigenvalue weighted by atomic mass is 79.9. The van der Waals surface area contributed by atoms with E-state index < -0.39 is 21.9 Å². The average molecular weight is 312 g/mol. The molecule has 1 atom stereocenters. The molecule has 0 radical (unpaired) electrons. The van der Waals surface area contributed by atoms with Crippen molar-refractivity contribution in [1.82, 2.24) is 4.72 Å². The van der Waals surface area contributed by atoms with Gasteiger partial charge in [-0.25, -0.2) is 17.5 Å². The van der Waals surface area contributed by atoms with Gasteiger partial charge >= 0.3 is 0 Å². The molecule has 4 nitrogen and oxygen atoms in total. The highest BCUT2D eigenvalue weighted by Gasteiger charge is 2.17. The number of aliphatic hydroxyl groups is 1.